The minimum Gasteiger partial charge on any atom is -0.497 e. The lowest BCUT2D eigenvalue weighted by atomic mass is 10.1. The molecule has 0 saturated carbocycles. The van der Waals surface area contributed by atoms with Crippen molar-refractivity contribution in [3.05, 3.63) is 29.8 Å². The van der Waals surface area contributed by atoms with Gasteiger partial charge in [0.2, 0.25) is 0 Å². The Labute approximate surface area is 104 Å². The second kappa shape index (κ2) is 6.58. The minimum absolute atomic E-state index is 0.282. The van der Waals surface area contributed by atoms with E-state index in [-0.39, 0.29) is 6.42 Å². The number of hydrogen-bond acceptors (Lipinski definition) is 5. The van der Waals surface area contributed by atoms with Gasteiger partial charge in [-0.3, -0.25) is 10.2 Å². The van der Waals surface area contributed by atoms with Crippen LogP contribution in [0, 0.1) is 0 Å². The Morgan fingerprint density at radius 1 is 1.39 bits per heavy atom. The highest BCUT2D eigenvalue weighted by atomic mass is 16.5. The molecule has 0 bridgehead atoms. The third-order valence-corrected chi connectivity index (χ3v) is 2.27. The summed E-state index contributed by atoms with van der Waals surface area (Å²) in [5, 5.41) is 3.16. The van der Waals surface area contributed by atoms with Crippen molar-refractivity contribution in [2.24, 2.45) is 11.6 Å². The summed E-state index contributed by atoms with van der Waals surface area (Å²) in [6.45, 7) is 0. The SMILES string of the molecule is COc1ccc(C[C@H](N)C(=O)[N]C(=O)NN)cc1. The molecule has 5 N–H and O–H groups in total. The van der Waals surface area contributed by atoms with E-state index >= 15 is 0 Å². The zero-order valence-electron chi connectivity index (χ0n) is 9.92. The van der Waals surface area contributed by atoms with Crippen LogP contribution < -0.4 is 27.1 Å². The van der Waals surface area contributed by atoms with E-state index in [1.54, 1.807) is 36.8 Å². The molecule has 7 nitrogen and oxygen atoms in total. The van der Waals surface area contributed by atoms with Gasteiger partial charge >= 0.3 is 6.03 Å². The summed E-state index contributed by atoms with van der Waals surface area (Å²) < 4.78 is 5.01. The van der Waals surface area contributed by atoms with Gasteiger partial charge in [0.05, 0.1) is 13.2 Å². The van der Waals surface area contributed by atoms with E-state index in [2.05, 4.69) is 5.32 Å². The maximum absolute atomic E-state index is 11.4. The normalized spacial score (nSPS) is 11.5. The van der Waals surface area contributed by atoms with Crippen LogP contribution in [-0.2, 0) is 11.2 Å². The molecule has 1 rings (SSSR count). The number of nitrogens with one attached hydrogen (secondary N) is 1. The molecule has 0 unspecified atom stereocenters. The minimum atomic E-state index is -0.912. The predicted molar refractivity (Wildman–Crippen MR) is 64.5 cm³/mol. The number of ether oxygens (including phenoxy) is 1. The number of imide groups is 1. The molecule has 18 heavy (non-hydrogen) atoms. The Hall–Kier alpha value is -2.12. The number of hydrogen-bond donors (Lipinski definition) is 3. The molecule has 0 fully saturated rings. The average molecular weight is 251 g/mol. The summed E-state index contributed by atoms with van der Waals surface area (Å²) in [6.07, 6.45) is 0.282. The van der Waals surface area contributed by atoms with Crippen molar-refractivity contribution in [2.45, 2.75) is 12.5 Å². The van der Waals surface area contributed by atoms with Gasteiger partial charge in [0.25, 0.3) is 5.91 Å². The Balaban J connectivity index is 2.55. The summed E-state index contributed by atoms with van der Waals surface area (Å²) in [5.74, 6) is 4.80. The van der Waals surface area contributed by atoms with Crippen LogP contribution in [0.15, 0.2) is 24.3 Å². The van der Waals surface area contributed by atoms with Gasteiger partial charge in [-0.05, 0) is 24.1 Å². The molecule has 97 valence electrons. The van der Waals surface area contributed by atoms with Crippen LogP contribution in [0.5, 0.6) is 5.75 Å². The molecule has 7 heteroatoms. The lowest BCUT2D eigenvalue weighted by Gasteiger charge is -2.09. The molecule has 0 aliphatic carbocycles. The third kappa shape index (κ3) is 4.04. The fraction of sp³-hybridized carbons (Fsp3) is 0.273. The number of carbonyl (C=O) groups is 2. The van der Waals surface area contributed by atoms with Crippen molar-refractivity contribution in [1.29, 1.82) is 0 Å². The second-order valence-corrected chi connectivity index (χ2v) is 3.56. The summed E-state index contributed by atoms with van der Waals surface area (Å²) >= 11 is 0. The molecule has 1 aromatic rings. The number of amides is 3. The predicted octanol–water partition coefficient (Wildman–Crippen LogP) is -0.721. The van der Waals surface area contributed by atoms with Crippen LogP contribution >= 0.6 is 0 Å². The number of nitrogens with zero attached hydrogens (tertiary/aromatic N) is 1. The molecule has 0 saturated heterocycles. The molecule has 0 aliphatic heterocycles. The Morgan fingerprint density at radius 3 is 2.50 bits per heavy atom. The van der Waals surface area contributed by atoms with Gasteiger partial charge in [-0.15, -0.1) is 0 Å². The first-order valence-electron chi connectivity index (χ1n) is 5.21. The van der Waals surface area contributed by atoms with Crippen LogP contribution in [0.25, 0.3) is 0 Å². The van der Waals surface area contributed by atoms with E-state index in [1.165, 1.54) is 0 Å². The number of hydrazine groups is 1. The van der Waals surface area contributed by atoms with E-state index in [1.807, 2.05) is 0 Å². The highest BCUT2D eigenvalue weighted by Gasteiger charge is 2.18. The van der Waals surface area contributed by atoms with Crippen LogP contribution in [0.4, 0.5) is 4.79 Å². The Kier molecular flexibility index (Phi) is 5.09. The maximum Gasteiger partial charge on any atom is 0.358 e. The lowest BCUT2D eigenvalue weighted by Crippen LogP contribution is -2.45. The lowest BCUT2D eigenvalue weighted by molar-refractivity contribution is -0.121. The molecule has 3 amide bonds. The molecule has 0 aromatic heterocycles. The highest BCUT2D eigenvalue weighted by molar-refractivity contribution is 5.96. The monoisotopic (exact) mass is 251 g/mol. The average Bonchev–Trinajstić information content (AvgIpc) is 2.39. The van der Waals surface area contributed by atoms with Crippen molar-refractivity contribution >= 4 is 11.9 Å². The number of urea groups is 1. The van der Waals surface area contributed by atoms with E-state index in [9.17, 15) is 9.59 Å². The third-order valence-electron chi connectivity index (χ3n) is 2.27. The first-order valence-corrected chi connectivity index (χ1v) is 5.21. The van der Waals surface area contributed by atoms with Crippen LogP contribution in [0.3, 0.4) is 0 Å². The zero-order valence-corrected chi connectivity index (χ0v) is 9.92. The van der Waals surface area contributed by atoms with Crippen molar-refractivity contribution in [3.63, 3.8) is 0 Å². The fourth-order valence-electron chi connectivity index (χ4n) is 1.32. The number of benzene rings is 1. The smallest absolute Gasteiger partial charge is 0.358 e. The van der Waals surface area contributed by atoms with Crippen molar-refractivity contribution in [2.75, 3.05) is 7.11 Å². The number of methoxy groups -OCH3 is 1. The van der Waals surface area contributed by atoms with E-state index in [4.69, 9.17) is 16.3 Å². The summed E-state index contributed by atoms with van der Waals surface area (Å²) in [4.78, 5) is 22.2. The number of nitrogens with two attached hydrogens (primary N) is 2. The standard InChI is InChI=1S/C11H15N4O3/c1-18-8-4-2-7(3-5-8)6-9(12)10(16)14-11(17)15-13/h2-5,9H,6,12-13H2,1H3,(H,15,17)/t9-/m0/s1. The molecule has 1 radical (unpaired) electrons. The van der Waals surface area contributed by atoms with E-state index < -0.39 is 18.0 Å². The molecule has 0 aliphatic rings. The fourth-order valence-corrected chi connectivity index (χ4v) is 1.32. The Morgan fingerprint density at radius 2 is 2.00 bits per heavy atom. The summed E-state index contributed by atoms with van der Waals surface area (Å²) in [5.41, 5.74) is 8.21. The van der Waals surface area contributed by atoms with Crippen LogP contribution in [0.2, 0.25) is 0 Å². The summed E-state index contributed by atoms with van der Waals surface area (Å²) in [7, 11) is 1.56. The van der Waals surface area contributed by atoms with Gasteiger partial charge in [-0.1, -0.05) is 12.1 Å². The molecule has 1 atom stereocenters. The molecule has 1 aromatic carbocycles. The highest BCUT2D eigenvalue weighted by Crippen LogP contribution is 2.12. The van der Waals surface area contributed by atoms with E-state index in [0.717, 1.165) is 5.56 Å². The maximum atomic E-state index is 11.4. The van der Waals surface area contributed by atoms with Gasteiger partial charge in [-0.25, -0.2) is 10.6 Å². The Bertz CT molecular complexity index is 419. The molecule has 0 spiro atoms. The number of rotatable bonds is 4. The van der Waals surface area contributed by atoms with Gasteiger partial charge in [0.1, 0.15) is 5.75 Å². The largest absolute Gasteiger partial charge is 0.497 e. The second-order valence-electron chi connectivity index (χ2n) is 3.56. The van der Waals surface area contributed by atoms with Crippen molar-refractivity contribution in [3.8, 4) is 5.75 Å². The molecule has 0 heterocycles. The van der Waals surface area contributed by atoms with Gasteiger partial charge in [-0.2, -0.15) is 5.32 Å². The van der Waals surface area contributed by atoms with E-state index in [0.29, 0.717) is 5.75 Å². The number of carbonyl (C=O) groups excluding carboxylic acids is 2. The van der Waals surface area contributed by atoms with Gasteiger partial charge in [0, 0.05) is 0 Å². The van der Waals surface area contributed by atoms with Crippen LogP contribution in [-0.4, -0.2) is 25.1 Å². The quantitative estimate of drug-likeness (QED) is 0.370. The molecular formula is C11H15N4O3. The first kappa shape index (κ1) is 13.9. The topological polar surface area (TPSA) is 122 Å². The van der Waals surface area contributed by atoms with Crippen molar-refractivity contribution < 1.29 is 14.3 Å². The van der Waals surface area contributed by atoms with Crippen LogP contribution in [0.1, 0.15) is 5.56 Å². The van der Waals surface area contributed by atoms with Gasteiger partial charge < -0.3 is 10.5 Å². The summed E-state index contributed by atoms with van der Waals surface area (Å²) in [6, 6.07) is 5.30. The van der Waals surface area contributed by atoms with Gasteiger partial charge in [0.15, 0.2) is 0 Å². The van der Waals surface area contributed by atoms with Crippen molar-refractivity contribution in [1.82, 2.24) is 10.7 Å². The first-order chi connectivity index (χ1) is 8.56. The zero-order chi connectivity index (χ0) is 13.5. The molecular weight excluding hydrogens is 236 g/mol.